The van der Waals surface area contributed by atoms with E-state index < -0.39 is 0 Å². The van der Waals surface area contributed by atoms with Crippen LogP contribution in [-0.4, -0.2) is 34.4 Å². The van der Waals surface area contributed by atoms with Crippen molar-refractivity contribution in [3.63, 3.8) is 0 Å². The zero-order valence-corrected chi connectivity index (χ0v) is 12.2. The molecule has 1 amide bonds. The Morgan fingerprint density at radius 1 is 1.27 bits per heavy atom. The summed E-state index contributed by atoms with van der Waals surface area (Å²) in [5.74, 6) is -0.466. The second kappa shape index (κ2) is 5.97. The number of fused-ring (bicyclic) bond motifs is 1. The van der Waals surface area contributed by atoms with Gasteiger partial charge >= 0.3 is 0 Å². The maximum absolute atomic E-state index is 13.4. The predicted octanol–water partition coefficient (Wildman–Crippen LogP) is 3.02. The van der Waals surface area contributed by atoms with Crippen LogP contribution in [0.2, 0.25) is 0 Å². The van der Waals surface area contributed by atoms with Gasteiger partial charge in [0.05, 0.1) is 5.56 Å². The van der Waals surface area contributed by atoms with Crippen molar-refractivity contribution >= 4 is 16.8 Å². The molecule has 2 aromatic heterocycles. The molecule has 0 spiro atoms. The Labute approximate surface area is 127 Å². The summed E-state index contributed by atoms with van der Waals surface area (Å²) in [5, 5.41) is 0.612. The highest BCUT2D eigenvalue weighted by atomic mass is 19.1. The molecule has 0 bridgehead atoms. The number of carbonyl (C=O) groups is 1. The van der Waals surface area contributed by atoms with Crippen molar-refractivity contribution < 1.29 is 9.18 Å². The summed E-state index contributed by atoms with van der Waals surface area (Å²) in [6.45, 7) is 0.588. The van der Waals surface area contributed by atoms with Gasteiger partial charge in [-0.25, -0.2) is 4.39 Å². The van der Waals surface area contributed by atoms with Crippen LogP contribution in [0, 0.1) is 5.82 Å². The van der Waals surface area contributed by atoms with Gasteiger partial charge in [0.1, 0.15) is 5.82 Å². The number of H-pyrrole nitrogens is 1. The van der Waals surface area contributed by atoms with E-state index in [1.165, 1.54) is 12.1 Å². The minimum absolute atomic E-state index is 0.120. The van der Waals surface area contributed by atoms with Gasteiger partial charge in [-0.3, -0.25) is 9.78 Å². The monoisotopic (exact) mass is 297 g/mol. The van der Waals surface area contributed by atoms with Crippen LogP contribution >= 0.6 is 0 Å². The molecule has 0 aliphatic heterocycles. The normalized spacial score (nSPS) is 10.8. The van der Waals surface area contributed by atoms with Gasteiger partial charge in [0.2, 0.25) is 0 Å². The fraction of sp³-hybridized carbons (Fsp3) is 0.176. The summed E-state index contributed by atoms with van der Waals surface area (Å²) < 4.78 is 13.4. The predicted molar refractivity (Wildman–Crippen MR) is 83.2 cm³/mol. The standard InChI is InChI=1S/C17H16FN3O/c1-21(9-6-12-4-7-19-8-5-12)17(22)15-11-20-16-3-2-13(18)10-14(15)16/h2-5,7-8,10-11,20H,6,9H2,1H3. The lowest BCUT2D eigenvalue weighted by molar-refractivity contribution is 0.0798. The summed E-state index contributed by atoms with van der Waals surface area (Å²) in [6, 6.07) is 8.26. The third-order valence-corrected chi connectivity index (χ3v) is 3.71. The first-order chi connectivity index (χ1) is 10.6. The van der Waals surface area contributed by atoms with Crippen LogP contribution in [0.25, 0.3) is 10.9 Å². The summed E-state index contributed by atoms with van der Waals surface area (Å²) in [4.78, 5) is 21.1. The molecule has 0 saturated heterocycles. The Hall–Kier alpha value is -2.69. The molecular formula is C17H16FN3O. The van der Waals surface area contributed by atoms with Crippen molar-refractivity contribution in [1.29, 1.82) is 0 Å². The summed E-state index contributed by atoms with van der Waals surface area (Å²) >= 11 is 0. The van der Waals surface area contributed by atoms with Gasteiger partial charge in [0.25, 0.3) is 5.91 Å². The Balaban J connectivity index is 1.76. The average molecular weight is 297 g/mol. The number of pyridine rings is 1. The molecule has 5 heteroatoms. The number of amides is 1. The second-order valence-electron chi connectivity index (χ2n) is 5.22. The molecule has 2 heterocycles. The summed E-state index contributed by atoms with van der Waals surface area (Å²) in [7, 11) is 1.75. The van der Waals surface area contributed by atoms with Crippen LogP contribution in [0.1, 0.15) is 15.9 Å². The number of halogens is 1. The van der Waals surface area contributed by atoms with Crippen molar-refractivity contribution in [2.24, 2.45) is 0 Å². The van der Waals surface area contributed by atoms with Gasteiger partial charge in [-0.1, -0.05) is 0 Å². The zero-order valence-electron chi connectivity index (χ0n) is 12.2. The van der Waals surface area contributed by atoms with Crippen LogP contribution in [0.3, 0.4) is 0 Å². The fourth-order valence-electron chi connectivity index (χ4n) is 2.42. The van der Waals surface area contributed by atoms with E-state index in [0.29, 0.717) is 17.5 Å². The summed E-state index contributed by atoms with van der Waals surface area (Å²) in [5.41, 5.74) is 2.37. The number of nitrogens with one attached hydrogen (secondary N) is 1. The number of carbonyl (C=O) groups excluding carboxylic acids is 1. The second-order valence-corrected chi connectivity index (χ2v) is 5.22. The van der Waals surface area contributed by atoms with E-state index in [0.717, 1.165) is 17.5 Å². The topological polar surface area (TPSA) is 49.0 Å². The molecular weight excluding hydrogens is 281 g/mol. The molecule has 0 fully saturated rings. The molecule has 0 atom stereocenters. The van der Waals surface area contributed by atoms with Crippen molar-refractivity contribution in [3.8, 4) is 0 Å². The Bertz CT molecular complexity index is 798. The number of hydrogen-bond acceptors (Lipinski definition) is 2. The van der Waals surface area contributed by atoms with E-state index in [1.54, 1.807) is 36.6 Å². The SMILES string of the molecule is CN(CCc1ccncc1)C(=O)c1c[nH]c2ccc(F)cc12. The summed E-state index contributed by atoms with van der Waals surface area (Å²) in [6.07, 6.45) is 5.86. The van der Waals surface area contributed by atoms with Crippen LogP contribution < -0.4 is 0 Å². The molecule has 0 aliphatic rings. The van der Waals surface area contributed by atoms with Gasteiger partial charge in [0.15, 0.2) is 0 Å². The number of hydrogen-bond donors (Lipinski definition) is 1. The molecule has 1 N–H and O–H groups in total. The number of rotatable bonds is 4. The molecule has 1 aromatic carbocycles. The molecule has 22 heavy (non-hydrogen) atoms. The van der Waals surface area contributed by atoms with Gasteiger partial charge in [-0.2, -0.15) is 0 Å². The first kappa shape index (κ1) is 14.3. The first-order valence-corrected chi connectivity index (χ1v) is 7.06. The minimum atomic E-state index is -0.347. The lowest BCUT2D eigenvalue weighted by Crippen LogP contribution is -2.28. The maximum Gasteiger partial charge on any atom is 0.255 e. The fourth-order valence-corrected chi connectivity index (χ4v) is 2.42. The highest BCUT2D eigenvalue weighted by Gasteiger charge is 2.16. The molecule has 3 aromatic rings. The molecule has 0 radical (unpaired) electrons. The molecule has 112 valence electrons. The van der Waals surface area contributed by atoms with Gasteiger partial charge in [-0.15, -0.1) is 0 Å². The number of nitrogens with zero attached hydrogens (tertiary/aromatic N) is 2. The van der Waals surface area contributed by atoms with Gasteiger partial charge in [0, 0.05) is 43.1 Å². The molecule has 0 aliphatic carbocycles. The number of aromatic amines is 1. The van der Waals surface area contributed by atoms with Crippen LogP contribution in [-0.2, 0) is 6.42 Å². The maximum atomic E-state index is 13.4. The van der Waals surface area contributed by atoms with Crippen molar-refractivity contribution in [2.75, 3.05) is 13.6 Å². The van der Waals surface area contributed by atoms with Crippen LogP contribution in [0.5, 0.6) is 0 Å². The Morgan fingerprint density at radius 3 is 2.82 bits per heavy atom. The van der Waals surface area contributed by atoms with Gasteiger partial charge in [-0.05, 0) is 42.3 Å². The number of likely N-dealkylation sites (N-methyl/N-ethyl adjacent to an activating group) is 1. The van der Waals surface area contributed by atoms with E-state index in [9.17, 15) is 9.18 Å². The van der Waals surface area contributed by atoms with E-state index in [2.05, 4.69) is 9.97 Å². The van der Waals surface area contributed by atoms with E-state index >= 15 is 0 Å². The first-order valence-electron chi connectivity index (χ1n) is 7.06. The Morgan fingerprint density at radius 2 is 2.05 bits per heavy atom. The molecule has 0 unspecified atom stereocenters. The third kappa shape index (κ3) is 2.83. The van der Waals surface area contributed by atoms with Crippen molar-refractivity contribution in [3.05, 3.63) is 65.9 Å². The van der Waals surface area contributed by atoms with Crippen molar-refractivity contribution in [2.45, 2.75) is 6.42 Å². The highest BCUT2D eigenvalue weighted by molar-refractivity contribution is 6.06. The number of aromatic nitrogens is 2. The quantitative estimate of drug-likeness (QED) is 0.804. The Kier molecular flexibility index (Phi) is 3.87. The average Bonchev–Trinajstić information content (AvgIpc) is 2.95. The van der Waals surface area contributed by atoms with Gasteiger partial charge < -0.3 is 9.88 Å². The van der Waals surface area contributed by atoms with E-state index in [4.69, 9.17) is 0 Å². The van der Waals surface area contributed by atoms with Crippen LogP contribution in [0.4, 0.5) is 4.39 Å². The lowest BCUT2D eigenvalue weighted by Gasteiger charge is -2.16. The molecule has 0 saturated carbocycles. The van der Waals surface area contributed by atoms with E-state index in [1.807, 2.05) is 12.1 Å². The van der Waals surface area contributed by atoms with Crippen LogP contribution in [0.15, 0.2) is 48.9 Å². The van der Waals surface area contributed by atoms with E-state index in [-0.39, 0.29) is 11.7 Å². The largest absolute Gasteiger partial charge is 0.360 e. The third-order valence-electron chi connectivity index (χ3n) is 3.71. The molecule has 3 rings (SSSR count). The minimum Gasteiger partial charge on any atom is -0.360 e. The van der Waals surface area contributed by atoms with Crippen molar-refractivity contribution in [1.82, 2.24) is 14.9 Å². The smallest absolute Gasteiger partial charge is 0.255 e. The highest BCUT2D eigenvalue weighted by Crippen LogP contribution is 2.20. The lowest BCUT2D eigenvalue weighted by atomic mass is 10.1. The zero-order chi connectivity index (χ0) is 15.5. The number of benzene rings is 1. The molecule has 4 nitrogen and oxygen atoms in total.